The lowest BCUT2D eigenvalue weighted by Gasteiger charge is -2.21. The van der Waals surface area contributed by atoms with Gasteiger partial charge in [0.15, 0.2) is 0 Å². The highest BCUT2D eigenvalue weighted by Gasteiger charge is 2.36. The maximum absolute atomic E-state index is 12.1. The van der Waals surface area contributed by atoms with Gasteiger partial charge < -0.3 is 4.74 Å². The van der Waals surface area contributed by atoms with Crippen LogP contribution in [0.15, 0.2) is 24.3 Å². The molecule has 2 heteroatoms. The lowest BCUT2D eigenvalue weighted by atomic mass is 9.90. The van der Waals surface area contributed by atoms with E-state index in [9.17, 15) is 4.79 Å². The molecule has 0 saturated heterocycles. The molecular formula is C17H24O2. The minimum absolute atomic E-state index is 0.0738. The summed E-state index contributed by atoms with van der Waals surface area (Å²) in [6.45, 7) is 10.2. The Morgan fingerprint density at radius 1 is 1.21 bits per heavy atom. The number of carbonyl (C=O) groups excluding carboxylic acids is 1. The molecule has 104 valence electrons. The van der Waals surface area contributed by atoms with Gasteiger partial charge in [-0.1, -0.05) is 38.1 Å². The van der Waals surface area contributed by atoms with Crippen LogP contribution in [0, 0.1) is 11.3 Å². The Balaban J connectivity index is 2.23. The third kappa shape index (κ3) is 2.83. The fourth-order valence-corrected chi connectivity index (χ4v) is 2.68. The van der Waals surface area contributed by atoms with E-state index in [1.165, 1.54) is 11.1 Å². The fraction of sp³-hybridized carbons (Fsp3) is 0.588. The van der Waals surface area contributed by atoms with Crippen LogP contribution in [0.25, 0.3) is 0 Å². The second-order valence-corrected chi connectivity index (χ2v) is 6.86. The third-order valence-corrected chi connectivity index (χ3v) is 3.88. The minimum Gasteiger partial charge on any atom is -0.457 e. The van der Waals surface area contributed by atoms with Gasteiger partial charge in [-0.15, -0.1) is 0 Å². The number of ether oxygens (including phenoxy) is 1. The first kappa shape index (κ1) is 14.1. The maximum Gasteiger partial charge on any atom is 0.311 e. The van der Waals surface area contributed by atoms with Crippen LogP contribution >= 0.6 is 0 Å². The summed E-state index contributed by atoms with van der Waals surface area (Å²) in [6.07, 6.45) is 0.842. The Hall–Kier alpha value is -1.31. The van der Waals surface area contributed by atoms with Gasteiger partial charge in [0.2, 0.25) is 0 Å². The summed E-state index contributed by atoms with van der Waals surface area (Å²) in [7, 11) is 0. The second-order valence-electron chi connectivity index (χ2n) is 6.86. The highest BCUT2D eigenvalue weighted by molar-refractivity contribution is 5.75. The van der Waals surface area contributed by atoms with E-state index in [4.69, 9.17) is 4.74 Å². The van der Waals surface area contributed by atoms with Gasteiger partial charge in [-0.3, -0.25) is 4.79 Å². The summed E-state index contributed by atoms with van der Waals surface area (Å²) in [5.41, 5.74) is 2.10. The molecule has 1 aliphatic carbocycles. The zero-order chi connectivity index (χ0) is 14.2. The number of rotatable bonds is 2. The van der Waals surface area contributed by atoms with Crippen LogP contribution in [0.5, 0.6) is 0 Å². The molecule has 0 N–H and O–H groups in total. The van der Waals surface area contributed by atoms with Crippen LogP contribution in [-0.2, 0) is 9.53 Å². The molecule has 0 radical (unpaired) electrons. The van der Waals surface area contributed by atoms with Gasteiger partial charge in [-0.25, -0.2) is 0 Å². The first-order valence-corrected chi connectivity index (χ1v) is 7.10. The van der Waals surface area contributed by atoms with Gasteiger partial charge in [0.25, 0.3) is 0 Å². The van der Waals surface area contributed by atoms with E-state index in [2.05, 4.69) is 32.0 Å². The molecule has 19 heavy (non-hydrogen) atoms. The smallest absolute Gasteiger partial charge is 0.311 e. The zero-order valence-corrected chi connectivity index (χ0v) is 12.6. The predicted molar refractivity (Wildman–Crippen MR) is 76.9 cm³/mol. The largest absolute Gasteiger partial charge is 0.457 e. The highest BCUT2D eigenvalue weighted by atomic mass is 16.5. The average Bonchev–Trinajstić information content (AvgIpc) is 2.67. The maximum atomic E-state index is 12.1. The second kappa shape index (κ2) is 4.99. The summed E-state index contributed by atoms with van der Waals surface area (Å²) in [5, 5.41) is 0. The molecule has 0 fully saturated rings. The molecule has 0 heterocycles. The van der Waals surface area contributed by atoms with Crippen molar-refractivity contribution in [3.63, 3.8) is 0 Å². The van der Waals surface area contributed by atoms with Crippen molar-refractivity contribution >= 4 is 5.97 Å². The van der Waals surface area contributed by atoms with Crippen molar-refractivity contribution in [2.24, 2.45) is 11.3 Å². The Morgan fingerprint density at radius 2 is 1.79 bits per heavy atom. The molecule has 1 aromatic carbocycles. The van der Waals surface area contributed by atoms with Crippen molar-refractivity contribution in [3.05, 3.63) is 35.4 Å². The van der Waals surface area contributed by atoms with Gasteiger partial charge in [0.1, 0.15) is 6.10 Å². The van der Waals surface area contributed by atoms with Gasteiger partial charge in [-0.05, 0) is 50.2 Å². The normalized spacial score (nSPS) is 22.4. The van der Waals surface area contributed by atoms with Crippen molar-refractivity contribution in [2.45, 2.75) is 53.1 Å². The van der Waals surface area contributed by atoms with Crippen LogP contribution in [0.1, 0.15) is 64.2 Å². The first-order chi connectivity index (χ1) is 8.80. The van der Waals surface area contributed by atoms with Gasteiger partial charge in [0.05, 0.1) is 5.41 Å². The van der Waals surface area contributed by atoms with Crippen molar-refractivity contribution in [1.82, 2.24) is 0 Å². The van der Waals surface area contributed by atoms with Crippen LogP contribution in [0.4, 0.5) is 0 Å². The van der Waals surface area contributed by atoms with Crippen molar-refractivity contribution < 1.29 is 9.53 Å². The Morgan fingerprint density at radius 3 is 2.32 bits per heavy atom. The van der Waals surface area contributed by atoms with E-state index in [0.29, 0.717) is 11.8 Å². The van der Waals surface area contributed by atoms with E-state index in [1.54, 1.807) is 0 Å². The number of carbonyl (C=O) groups is 1. The SMILES string of the molecule is CC(C)C1CC(OC(=O)C(C)(C)C)c2ccccc21. The molecule has 0 amide bonds. The molecule has 1 aromatic rings. The van der Waals surface area contributed by atoms with Crippen LogP contribution in [-0.4, -0.2) is 5.97 Å². The monoisotopic (exact) mass is 260 g/mol. The molecule has 1 aliphatic rings. The predicted octanol–water partition coefficient (Wildman–Crippen LogP) is 4.46. The first-order valence-electron chi connectivity index (χ1n) is 7.10. The van der Waals surface area contributed by atoms with E-state index < -0.39 is 5.41 Å². The molecule has 2 unspecified atom stereocenters. The number of fused-ring (bicyclic) bond motifs is 1. The lowest BCUT2D eigenvalue weighted by Crippen LogP contribution is -2.24. The van der Waals surface area contributed by atoms with Gasteiger partial charge >= 0.3 is 5.97 Å². The van der Waals surface area contributed by atoms with E-state index in [0.717, 1.165) is 6.42 Å². The number of esters is 1. The molecule has 0 aliphatic heterocycles. The van der Waals surface area contributed by atoms with E-state index in [-0.39, 0.29) is 12.1 Å². The molecule has 0 saturated carbocycles. The topological polar surface area (TPSA) is 26.3 Å². The number of hydrogen-bond donors (Lipinski definition) is 0. The van der Waals surface area contributed by atoms with Crippen LogP contribution < -0.4 is 0 Å². The third-order valence-electron chi connectivity index (χ3n) is 3.88. The molecule has 2 nitrogen and oxygen atoms in total. The Kier molecular flexibility index (Phi) is 3.71. The minimum atomic E-state index is -0.440. The van der Waals surface area contributed by atoms with Crippen LogP contribution in [0.3, 0.4) is 0 Å². The fourth-order valence-electron chi connectivity index (χ4n) is 2.68. The van der Waals surface area contributed by atoms with Crippen molar-refractivity contribution in [1.29, 1.82) is 0 Å². The standard InChI is InChI=1S/C17H24O2/c1-11(2)14-10-15(19-16(18)17(3,4)5)13-9-7-6-8-12(13)14/h6-9,11,14-15H,10H2,1-5H3. The molecule has 0 spiro atoms. The lowest BCUT2D eigenvalue weighted by molar-refractivity contribution is -0.159. The number of hydrogen-bond acceptors (Lipinski definition) is 2. The summed E-state index contributed by atoms with van der Waals surface area (Å²) >= 11 is 0. The summed E-state index contributed by atoms with van der Waals surface area (Å²) in [4.78, 5) is 12.1. The average molecular weight is 260 g/mol. The van der Waals surface area contributed by atoms with Crippen LogP contribution in [0.2, 0.25) is 0 Å². The molecule has 0 bridgehead atoms. The Bertz CT molecular complexity index is 468. The highest BCUT2D eigenvalue weighted by Crippen LogP contribution is 2.46. The summed E-state index contributed by atoms with van der Waals surface area (Å²) in [6, 6.07) is 8.37. The quantitative estimate of drug-likeness (QED) is 0.734. The van der Waals surface area contributed by atoms with E-state index in [1.807, 2.05) is 26.8 Å². The summed E-state index contributed by atoms with van der Waals surface area (Å²) in [5.74, 6) is 0.949. The molecule has 0 aromatic heterocycles. The molecule has 2 atom stereocenters. The summed E-state index contributed by atoms with van der Waals surface area (Å²) < 4.78 is 5.74. The van der Waals surface area contributed by atoms with Crippen molar-refractivity contribution in [2.75, 3.05) is 0 Å². The zero-order valence-electron chi connectivity index (χ0n) is 12.6. The van der Waals surface area contributed by atoms with Gasteiger partial charge in [-0.2, -0.15) is 0 Å². The number of benzene rings is 1. The Labute approximate surface area is 116 Å². The van der Waals surface area contributed by atoms with Crippen molar-refractivity contribution in [3.8, 4) is 0 Å². The van der Waals surface area contributed by atoms with Gasteiger partial charge in [0, 0.05) is 0 Å². The molecule has 2 rings (SSSR count). The molecular weight excluding hydrogens is 236 g/mol. The van der Waals surface area contributed by atoms with E-state index >= 15 is 0 Å².